The lowest BCUT2D eigenvalue weighted by Crippen LogP contribution is -2.40. The van der Waals surface area contributed by atoms with Crippen molar-refractivity contribution in [2.75, 3.05) is 23.4 Å². The van der Waals surface area contributed by atoms with Crippen LogP contribution in [0.3, 0.4) is 0 Å². The van der Waals surface area contributed by atoms with E-state index in [4.69, 9.17) is 9.47 Å². The van der Waals surface area contributed by atoms with E-state index in [1.807, 2.05) is 0 Å². The number of carbonyl (C=O) groups excluding carboxylic acids is 1. The Bertz CT molecular complexity index is 994. The number of rotatable bonds is 3. The molecule has 4 rings (SSSR count). The molecule has 0 unspecified atom stereocenters. The Labute approximate surface area is 157 Å². The predicted octanol–water partition coefficient (Wildman–Crippen LogP) is 4.21. The van der Waals surface area contributed by atoms with Gasteiger partial charge in [-0.05, 0) is 24.3 Å². The van der Waals surface area contributed by atoms with Crippen molar-refractivity contribution in [1.29, 1.82) is 0 Å². The Balaban J connectivity index is 1.47. The largest absolute Gasteiger partial charge is 0.508 e. The molecule has 2 aromatic carbocycles. The molecule has 138 valence electrons. The lowest BCUT2D eigenvalue weighted by molar-refractivity contribution is 0.250. The van der Waals surface area contributed by atoms with Crippen molar-refractivity contribution in [2.24, 2.45) is 0 Å². The summed E-state index contributed by atoms with van der Waals surface area (Å²) in [5.41, 5.74) is 0.478. The van der Waals surface area contributed by atoms with Gasteiger partial charge in [0.05, 0.1) is 18.4 Å². The third-order valence-electron chi connectivity index (χ3n) is 3.76. The lowest BCUT2D eigenvalue weighted by Gasteiger charge is -2.29. The number of hydrogen-bond donors (Lipinski definition) is 2. The van der Waals surface area contributed by atoms with E-state index in [1.165, 1.54) is 35.4 Å². The highest BCUT2D eigenvalue weighted by Crippen LogP contribution is 2.35. The summed E-state index contributed by atoms with van der Waals surface area (Å²) in [6.07, 6.45) is 1.45. The minimum atomic E-state index is -0.406. The first kappa shape index (κ1) is 17.1. The third-order valence-corrected chi connectivity index (χ3v) is 4.55. The number of ether oxygens (including phenoxy) is 2. The van der Waals surface area contributed by atoms with Gasteiger partial charge in [-0.2, -0.15) is 0 Å². The molecule has 2 N–H and O–H groups in total. The fourth-order valence-electron chi connectivity index (χ4n) is 2.59. The summed E-state index contributed by atoms with van der Waals surface area (Å²) >= 11 is 1.12. The number of nitrogens with one attached hydrogen (secondary N) is 1. The van der Waals surface area contributed by atoms with Crippen LogP contribution in [0.4, 0.5) is 20.0 Å². The summed E-state index contributed by atoms with van der Waals surface area (Å²) in [7, 11) is 0. The average molecular weight is 387 g/mol. The highest BCUT2D eigenvalue weighted by atomic mass is 32.1. The van der Waals surface area contributed by atoms with Crippen LogP contribution in [0.15, 0.2) is 48.7 Å². The molecular weight excluding hydrogens is 373 g/mol. The van der Waals surface area contributed by atoms with Crippen molar-refractivity contribution >= 4 is 28.2 Å². The molecule has 0 aliphatic carbocycles. The minimum Gasteiger partial charge on any atom is -0.508 e. The highest BCUT2D eigenvalue weighted by molar-refractivity contribution is 7.17. The van der Waals surface area contributed by atoms with Crippen LogP contribution in [-0.4, -0.2) is 29.3 Å². The predicted molar refractivity (Wildman–Crippen MR) is 98.6 cm³/mol. The van der Waals surface area contributed by atoms with Crippen LogP contribution < -0.4 is 19.7 Å². The first-order valence-corrected chi connectivity index (χ1v) is 8.84. The van der Waals surface area contributed by atoms with Gasteiger partial charge < -0.3 is 14.6 Å². The number of hydrogen-bond acceptors (Lipinski definition) is 6. The van der Waals surface area contributed by atoms with Crippen molar-refractivity contribution in [1.82, 2.24) is 4.98 Å². The van der Waals surface area contributed by atoms with Crippen molar-refractivity contribution < 1.29 is 23.8 Å². The van der Waals surface area contributed by atoms with Gasteiger partial charge in [-0.25, -0.2) is 14.2 Å². The fourth-order valence-corrected chi connectivity index (χ4v) is 3.26. The minimum absolute atomic E-state index is 0.0390. The normalized spacial score (nSPS) is 12.9. The Morgan fingerprint density at radius 1 is 1.33 bits per heavy atom. The molecule has 1 aromatic heterocycles. The molecule has 1 aliphatic heterocycles. The standard InChI is InChI=1S/C18H14FN3O4S/c19-11-2-1-3-13(8-11)26-16-10-20-17(27-16)21-18(24)22-6-7-25-15-5-4-12(23)9-14(15)22/h1-5,8-10,23H,6-7H2,(H,20,21,24). The van der Waals surface area contributed by atoms with Crippen LogP contribution in [0, 0.1) is 5.82 Å². The Morgan fingerprint density at radius 2 is 2.22 bits per heavy atom. The molecule has 0 saturated heterocycles. The Morgan fingerprint density at radius 3 is 3.07 bits per heavy atom. The van der Waals surface area contributed by atoms with Crippen molar-refractivity contribution in [2.45, 2.75) is 0 Å². The maximum atomic E-state index is 13.2. The molecule has 0 spiro atoms. The molecule has 3 aromatic rings. The van der Waals surface area contributed by atoms with Crippen LogP contribution >= 0.6 is 11.3 Å². The number of amides is 2. The second kappa shape index (κ2) is 7.12. The number of urea groups is 1. The molecule has 1 aliphatic rings. The van der Waals surface area contributed by atoms with Crippen LogP contribution in [0.2, 0.25) is 0 Å². The molecule has 0 bridgehead atoms. The van der Waals surface area contributed by atoms with E-state index in [-0.39, 0.29) is 5.75 Å². The van der Waals surface area contributed by atoms with Crippen LogP contribution in [-0.2, 0) is 0 Å². The number of aromatic hydroxyl groups is 1. The van der Waals surface area contributed by atoms with E-state index in [1.54, 1.807) is 18.2 Å². The zero-order valence-electron chi connectivity index (χ0n) is 13.9. The van der Waals surface area contributed by atoms with E-state index in [0.29, 0.717) is 40.5 Å². The van der Waals surface area contributed by atoms with Gasteiger partial charge in [0.25, 0.3) is 0 Å². The fraction of sp³-hybridized carbons (Fsp3) is 0.111. The van der Waals surface area contributed by atoms with E-state index in [9.17, 15) is 14.3 Å². The SMILES string of the molecule is O=C(Nc1ncc(Oc2cccc(F)c2)s1)N1CCOc2ccc(O)cc21. The molecule has 7 nitrogen and oxygen atoms in total. The molecule has 2 heterocycles. The topological polar surface area (TPSA) is 83.9 Å². The molecule has 2 amide bonds. The number of phenolic OH excluding ortho intramolecular Hbond substituents is 1. The number of benzene rings is 2. The monoisotopic (exact) mass is 387 g/mol. The van der Waals surface area contributed by atoms with Gasteiger partial charge in [0, 0.05) is 12.1 Å². The Hall–Kier alpha value is -3.33. The molecule has 0 fully saturated rings. The zero-order valence-corrected chi connectivity index (χ0v) is 14.7. The number of thiazole rings is 1. The highest BCUT2D eigenvalue weighted by Gasteiger charge is 2.25. The van der Waals surface area contributed by atoms with Crippen molar-refractivity contribution in [3.8, 4) is 22.3 Å². The van der Waals surface area contributed by atoms with E-state index in [2.05, 4.69) is 10.3 Å². The first-order valence-electron chi connectivity index (χ1n) is 8.02. The van der Waals surface area contributed by atoms with Crippen molar-refractivity contribution in [3.63, 3.8) is 0 Å². The summed E-state index contributed by atoms with van der Waals surface area (Å²) in [4.78, 5) is 18.2. The van der Waals surface area contributed by atoms with Crippen LogP contribution in [0.5, 0.6) is 22.3 Å². The second-order valence-corrected chi connectivity index (χ2v) is 6.62. The number of halogens is 1. The van der Waals surface area contributed by atoms with Gasteiger partial charge in [0.15, 0.2) is 5.13 Å². The van der Waals surface area contributed by atoms with Crippen LogP contribution in [0.1, 0.15) is 0 Å². The van der Waals surface area contributed by atoms with E-state index in [0.717, 1.165) is 11.3 Å². The summed E-state index contributed by atoms with van der Waals surface area (Å²) in [5, 5.41) is 13.1. The van der Waals surface area contributed by atoms with Gasteiger partial charge in [-0.3, -0.25) is 10.2 Å². The molecule has 0 radical (unpaired) electrons. The Kier molecular flexibility index (Phi) is 4.51. The number of anilines is 2. The van der Waals surface area contributed by atoms with Gasteiger partial charge in [0.1, 0.15) is 29.7 Å². The van der Waals surface area contributed by atoms with E-state index < -0.39 is 11.8 Å². The van der Waals surface area contributed by atoms with Gasteiger partial charge >= 0.3 is 6.03 Å². The maximum Gasteiger partial charge on any atom is 0.328 e. The number of carbonyl (C=O) groups is 1. The van der Waals surface area contributed by atoms with Gasteiger partial charge in [-0.15, -0.1) is 0 Å². The van der Waals surface area contributed by atoms with Gasteiger partial charge in [-0.1, -0.05) is 17.4 Å². The molecular formula is C18H14FN3O4S. The molecule has 27 heavy (non-hydrogen) atoms. The van der Waals surface area contributed by atoms with Crippen molar-refractivity contribution in [3.05, 3.63) is 54.5 Å². The van der Waals surface area contributed by atoms with E-state index >= 15 is 0 Å². The summed E-state index contributed by atoms with van der Waals surface area (Å²) < 4.78 is 24.2. The number of aromatic nitrogens is 1. The smallest absolute Gasteiger partial charge is 0.328 e. The maximum absolute atomic E-state index is 13.2. The summed E-state index contributed by atoms with van der Waals surface area (Å²) in [5.74, 6) is 0.495. The average Bonchev–Trinajstić information content (AvgIpc) is 3.07. The number of phenols is 1. The summed E-state index contributed by atoms with van der Waals surface area (Å²) in [6.45, 7) is 0.678. The first-order chi connectivity index (χ1) is 13.1. The van der Waals surface area contributed by atoms with Gasteiger partial charge in [0.2, 0.25) is 5.06 Å². The second-order valence-electron chi connectivity index (χ2n) is 5.63. The lowest BCUT2D eigenvalue weighted by atomic mass is 10.2. The zero-order chi connectivity index (χ0) is 18.8. The summed E-state index contributed by atoms with van der Waals surface area (Å²) in [6, 6.07) is 9.91. The number of nitrogens with zero attached hydrogens (tertiary/aromatic N) is 2. The van der Waals surface area contributed by atoms with Crippen LogP contribution in [0.25, 0.3) is 0 Å². The number of fused-ring (bicyclic) bond motifs is 1. The molecule has 0 saturated carbocycles. The molecule has 9 heteroatoms. The quantitative estimate of drug-likeness (QED) is 0.703. The third kappa shape index (κ3) is 3.77. The molecule has 0 atom stereocenters.